The zero-order valence-electron chi connectivity index (χ0n) is 16.0. The van der Waals surface area contributed by atoms with Crippen molar-refractivity contribution < 1.29 is 19.8 Å². The van der Waals surface area contributed by atoms with Crippen molar-refractivity contribution in [3.05, 3.63) is 70.2 Å². The van der Waals surface area contributed by atoms with Crippen molar-refractivity contribution in [1.82, 2.24) is 10.2 Å². The smallest absolute Gasteiger partial charge is 0.254 e. The Morgan fingerprint density at radius 3 is 2.41 bits per heavy atom. The standard InChI is InChI=1S/C21H23N3O5/c1-13(14-8-5-9-17(25)10-14)22-20(27)19(26)18(23-29)21(28)24-11-15-6-3-2-4-7-16(15)12-24/h3-10,13,18-19,25-26H,2,11-12H2,1H3,(H,22,27). The molecule has 1 aliphatic heterocycles. The lowest BCUT2D eigenvalue weighted by Crippen LogP contribution is -2.49. The van der Waals surface area contributed by atoms with Gasteiger partial charge < -0.3 is 20.4 Å². The third kappa shape index (κ3) is 4.60. The molecule has 0 fully saturated rings. The number of aliphatic hydroxyl groups is 1. The minimum Gasteiger partial charge on any atom is -0.508 e. The lowest BCUT2D eigenvalue weighted by atomic mass is 10.1. The Balaban J connectivity index is 1.64. The molecule has 2 amide bonds. The van der Waals surface area contributed by atoms with E-state index in [0.29, 0.717) is 18.7 Å². The van der Waals surface area contributed by atoms with Crippen LogP contribution in [0.4, 0.5) is 0 Å². The van der Waals surface area contributed by atoms with Crippen LogP contribution in [-0.2, 0) is 9.59 Å². The highest BCUT2D eigenvalue weighted by Crippen LogP contribution is 2.24. The third-order valence-electron chi connectivity index (χ3n) is 5.02. The Bertz CT molecular complexity index is 881. The van der Waals surface area contributed by atoms with Crippen molar-refractivity contribution in [2.75, 3.05) is 13.1 Å². The van der Waals surface area contributed by atoms with Gasteiger partial charge in [-0.05, 0) is 42.2 Å². The van der Waals surface area contributed by atoms with Crippen LogP contribution < -0.4 is 5.32 Å². The van der Waals surface area contributed by atoms with Crippen LogP contribution in [0.5, 0.6) is 5.75 Å². The number of carbonyl (C=O) groups is 2. The number of hydrogen-bond donors (Lipinski definition) is 3. The van der Waals surface area contributed by atoms with Crippen LogP contribution in [0.2, 0.25) is 0 Å². The van der Waals surface area contributed by atoms with Gasteiger partial charge in [0.15, 0.2) is 6.10 Å². The normalized spacial score (nSPS) is 18.6. The molecular weight excluding hydrogens is 374 g/mol. The SMILES string of the molecule is CC(NC(=O)C(O)C(N=O)C(=O)N1CC2=C(C=CCC=C2)C1)c1cccc(O)c1. The number of rotatable bonds is 6. The van der Waals surface area contributed by atoms with Crippen LogP contribution in [-0.4, -0.2) is 52.2 Å². The number of nitrogens with one attached hydrogen (secondary N) is 1. The summed E-state index contributed by atoms with van der Waals surface area (Å²) in [5.41, 5.74) is 2.54. The first-order valence-corrected chi connectivity index (χ1v) is 9.34. The quantitative estimate of drug-likeness (QED) is 0.632. The summed E-state index contributed by atoms with van der Waals surface area (Å²) in [6.45, 7) is 2.26. The minimum atomic E-state index is -1.91. The molecular formula is C21H23N3O5. The summed E-state index contributed by atoms with van der Waals surface area (Å²) in [5, 5.41) is 25.1. The van der Waals surface area contributed by atoms with Crippen molar-refractivity contribution in [2.45, 2.75) is 31.5 Å². The molecule has 1 aliphatic carbocycles. The van der Waals surface area contributed by atoms with Gasteiger partial charge in [-0.15, -0.1) is 4.91 Å². The highest BCUT2D eigenvalue weighted by Gasteiger charge is 2.38. The van der Waals surface area contributed by atoms with Crippen molar-refractivity contribution in [3.63, 3.8) is 0 Å². The van der Waals surface area contributed by atoms with E-state index < -0.39 is 30.0 Å². The van der Waals surface area contributed by atoms with E-state index in [0.717, 1.165) is 17.6 Å². The molecule has 29 heavy (non-hydrogen) atoms. The fourth-order valence-electron chi connectivity index (χ4n) is 3.39. The fraction of sp³-hybridized carbons (Fsp3) is 0.333. The van der Waals surface area contributed by atoms with Crippen LogP contribution in [0.25, 0.3) is 0 Å². The van der Waals surface area contributed by atoms with E-state index in [1.165, 1.54) is 17.0 Å². The Morgan fingerprint density at radius 2 is 1.83 bits per heavy atom. The maximum absolute atomic E-state index is 12.7. The molecule has 8 nitrogen and oxygen atoms in total. The summed E-state index contributed by atoms with van der Waals surface area (Å²) in [7, 11) is 0. The van der Waals surface area contributed by atoms with E-state index in [1.807, 2.05) is 24.3 Å². The topological polar surface area (TPSA) is 119 Å². The largest absolute Gasteiger partial charge is 0.508 e. The number of hydrogen-bond acceptors (Lipinski definition) is 6. The average Bonchev–Trinajstić information content (AvgIpc) is 2.98. The molecule has 0 bridgehead atoms. The first kappa shape index (κ1) is 20.5. The lowest BCUT2D eigenvalue weighted by molar-refractivity contribution is -0.141. The van der Waals surface area contributed by atoms with E-state index in [-0.39, 0.29) is 5.75 Å². The second kappa shape index (κ2) is 8.83. The summed E-state index contributed by atoms with van der Waals surface area (Å²) in [6, 6.07) is 4.00. The van der Waals surface area contributed by atoms with Crippen LogP contribution in [0.3, 0.4) is 0 Å². The molecule has 1 aromatic carbocycles. The van der Waals surface area contributed by atoms with E-state index in [4.69, 9.17) is 0 Å². The highest BCUT2D eigenvalue weighted by molar-refractivity contribution is 5.92. The first-order valence-electron chi connectivity index (χ1n) is 9.34. The second-order valence-electron chi connectivity index (χ2n) is 7.11. The van der Waals surface area contributed by atoms with Gasteiger partial charge in [-0.1, -0.05) is 41.6 Å². The molecule has 0 radical (unpaired) electrons. The molecule has 3 N–H and O–H groups in total. The predicted octanol–water partition coefficient (Wildman–Crippen LogP) is 1.72. The van der Waals surface area contributed by atoms with Crippen molar-refractivity contribution in [1.29, 1.82) is 0 Å². The molecule has 3 rings (SSSR count). The Labute approximate surface area is 168 Å². The van der Waals surface area contributed by atoms with Gasteiger partial charge in [-0.2, -0.15) is 0 Å². The van der Waals surface area contributed by atoms with Gasteiger partial charge in [0.25, 0.3) is 11.8 Å². The van der Waals surface area contributed by atoms with Gasteiger partial charge in [0.05, 0.1) is 6.04 Å². The van der Waals surface area contributed by atoms with E-state index >= 15 is 0 Å². The maximum atomic E-state index is 12.7. The predicted molar refractivity (Wildman–Crippen MR) is 107 cm³/mol. The molecule has 0 aromatic heterocycles. The average molecular weight is 397 g/mol. The molecule has 2 aliphatic rings. The van der Waals surface area contributed by atoms with E-state index in [1.54, 1.807) is 19.1 Å². The Kier molecular flexibility index (Phi) is 6.23. The summed E-state index contributed by atoms with van der Waals surface area (Å²) < 4.78 is 0. The summed E-state index contributed by atoms with van der Waals surface area (Å²) in [4.78, 5) is 37.9. The van der Waals surface area contributed by atoms with Gasteiger partial charge in [-0.25, -0.2) is 0 Å². The number of phenolic OH excluding ortho intramolecular Hbond substituents is 1. The number of phenols is 1. The van der Waals surface area contributed by atoms with Crippen molar-refractivity contribution in [2.24, 2.45) is 5.18 Å². The maximum Gasteiger partial charge on any atom is 0.254 e. The van der Waals surface area contributed by atoms with Crippen LogP contribution in [0.1, 0.15) is 24.9 Å². The number of nitrogens with zero attached hydrogens (tertiary/aromatic N) is 2. The molecule has 0 saturated carbocycles. The number of carbonyl (C=O) groups excluding carboxylic acids is 2. The fourth-order valence-corrected chi connectivity index (χ4v) is 3.39. The Hall–Kier alpha value is -3.26. The monoisotopic (exact) mass is 397 g/mol. The van der Waals surface area contributed by atoms with E-state index in [9.17, 15) is 24.7 Å². The van der Waals surface area contributed by atoms with Crippen LogP contribution in [0, 0.1) is 4.91 Å². The number of benzene rings is 1. The lowest BCUT2D eigenvalue weighted by Gasteiger charge is -2.23. The number of aliphatic hydroxyl groups excluding tert-OH is 1. The first-order chi connectivity index (χ1) is 13.9. The summed E-state index contributed by atoms with van der Waals surface area (Å²) in [6.07, 6.45) is 6.74. The van der Waals surface area contributed by atoms with Gasteiger partial charge >= 0.3 is 0 Å². The van der Waals surface area contributed by atoms with Gasteiger partial charge in [0.1, 0.15) is 5.75 Å². The number of aromatic hydroxyl groups is 1. The summed E-state index contributed by atoms with van der Waals surface area (Å²) in [5.74, 6) is -1.54. The molecule has 0 spiro atoms. The minimum absolute atomic E-state index is 0.0381. The number of nitroso groups, excluding NO2 is 1. The number of allylic oxidation sites excluding steroid dienone is 2. The zero-order chi connectivity index (χ0) is 21.0. The summed E-state index contributed by atoms with van der Waals surface area (Å²) >= 11 is 0. The van der Waals surface area contributed by atoms with E-state index in [2.05, 4.69) is 10.5 Å². The molecule has 152 valence electrons. The molecule has 8 heteroatoms. The highest BCUT2D eigenvalue weighted by atomic mass is 16.3. The van der Waals surface area contributed by atoms with Gasteiger partial charge in [0.2, 0.25) is 6.04 Å². The molecule has 0 saturated heterocycles. The van der Waals surface area contributed by atoms with Crippen LogP contribution >= 0.6 is 0 Å². The van der Waals surface area contributed by atoms with Crippen molar-refractivity contribution in [3.8, 4) is 5.75 Å². The molecule has 1 aromatic rings. The Morgan fingerprint density at radius 1 is 1.17 bits per heavy atom. The third-order valence-corrected chi connectivity index (χ3v) is 5.02. The zero-order valence-corrected chi connectivity index (χ0v) is 16.0. The molecule has 1 heterocycles. The van der Waals surface area contributed by atoms with Gasteiger partial charge in [0, 0.05) is 13.1 Å². The second-order valence-corrected chi connectivity index (χ2v) is 7.11. The molecule has 3 atom stereocenters. The van der Waals surface area contributed by atoms with Crippen molar-refractivity contribution >= 4 is 11.8 Å². The van der Waals surface area contributed by atoms with Crippen LogP contribution in [0.15, 0.2) is 64.9 Å². The number of amides is 2. The van der Waals surface area contributed by atoms with Gasteiger partial charge in [-0.3, -0.25) is 9.59 Å². The molecule has 3 unspecified atom stereocenters.